The molecule has 1 aliphatic rings. The zero-order valence-electron chi connectivity index (χ0n) is 31.2. The third kappa shape index (κ3) is 10.5. The Morgan fingerprint density at radius 2 is 1.52 bits per heavy atom. The summed E-state index contributed by atoms with van der Waals surface area (Å²) >= 11 is 0. The van der Waals surface area contributed by atoms with Crippen molar-refractivity contribution >= 4 is 22.9 Å². The maximum absolute atomic E-state index is 12.6. The average molecular weight is 734 g/mol. The normalized spacial score (nSPS) is 16.0. The maximum Gasteiger partial charge on any atom is 0.528 e. The number of nitrogens with zero attached hydrogens (tertiary/aromatic N) is 1. The first-order chi connectivity index (χ1) is 26.1. The second kappa shape index (κ2) is 18.0. The van der Waals surface area contributed by atoms with E-state index >= 15 is 0 Å². The molecule has 1 heterocycles. The van der Waals surface area contributed by atoms with Crippen molar-refractivity contribution in [1.29, 1.82) is 0 Å². The number of piperidine rings is 1. The lowest BCUT2D eigenvalue weighted by molar-refractivity contribution is -0.179. The van der Waals surface area contributed by atoms with Crippen LogP contribution in [0, 0.1) is 0 Å². The van der Waals surface area contributed by atoms with Gasteiger partial charge in [0.25, 0.3) is 0 Å². The number of methoxy groups -OCH3 is 1. The number of rotatable bonds is 14. The van der Waals surface area contributed by atoms with Crippen LogP contribution in [0.5, 0.6) is 17.2 Å². The van der Waals surface area contributed by atoms with Gasteiger partial charge in [-0.15, -0.1) is 5.06 Å². The first-order valence-electron chi connectivity index (χ1n) is 18.1. The minimum absolute atomic E-state index is 0.00564. The zero-order chi connectivity index (χ0) is 37.9. The van der Waals surface area contributed by atoms with E-state index in [2.05, 4.69) is 12.1 Å². The molecule has 10 heteroatoms. The highest BCUT2D eigenvalue weighted by molar-refractivity contribution is 5.89. The lowest BCUT2D eigenvalue weighted by Gasteiger charge is -2.37. The number of fused-ring (bicyclic) bond motifs is 1. The summed E-state index contributed by atoms with van der Waals surface area (Å²) < 4.78 is 35.3. The molecule has 0 spiro atoms. The highest BCUT2D eigenvalue weighted by atomic mass is 16.8. The number of hydrogen-bond donors (Lipinski definition) is 0. The van der Waals surface area contributed by atoms with Gasteiger partial charge >= 0.3 is 12.1 Å². The van der Waals surface area contributed by atoms with Gasteiger partial charge in [-0.2, -0.15) is 0 Å². The van der Waals surface area contributed by atoms with E-state index in [1.165, 1.54) is 0 Å². The highest BCUT2D eigenvalue weighted by Gasteiger charge is 2.34. The number of carbonyl (C=O) groups excluding carboxylic acids is 2. The number of hydrogen-bond acceptors (Lipinski definition) is 10. The highest BCUT2D eigenvalue weighted by Crippen LogP contribution is 2.34. The van der Waals surface area contributed by atoms with E-state index in [0.29, 0.717) is 44.0 Å². The number of hydroxylamine groups is 2. The number of para-hydroxylation sites is 1. The topological polar surface area (TPSA) is 102 Å². The molecule has 0 saturated carbocycles. The Morgan fingerprint density at radius 3 is 2.30 bits per heavy atom. The van der Waals surface area contributed by atoms with Crippen LogP contribution >= 0.6 is 0 Å². The van der Waals surface area contributed by atoms with Gasteiger partial charge in [0.1, 0.15) is 42.7 Å². The molecule has 0 bridgehead atoms. The molecule has 0 N–H and O–H groups in total. The average Bonchev–Trinajstić information content (AvgIpc) is 3.17. The van der Waals surface area contributed by atoms with Crippen LogP contribution in [0.15, 0.2) is 115 Å². The van der Waals surface area contributed by atoms with E-state index in [4.69, 9.17) is 33.3 Å². The largest absolute Gasteiger partial charge is 0.528 e. The SMILES string of the molecule is COc1ccccc1COc1cc(COC2CN(OC(=O)OC(C)(C)C)CCC2c2ccc(OCCOC(=O)c3ccccc3)cc2)cc2ccccc12. The molecule has 2 unspecified atom stereocenters. The molecule has 282 valence electrons. The first-order valence-corrected chi connectivity index (χ1v) is 18.1. The molecule has 1 fully saturated rings. The maximum atomic E-state index is 12.6. The fraction of sp³-hybridized carbons (Fsp3) is 0.318. The van der Waals surface area contributed by atoms with Crippen LogP contribution < -0.4 is 14.2 Å². The molecule has 1 aliphatic heterocycles. The van der Waals surface area contributed by atoms with Gasteiger partial charge in [-0.05, 0) is 86.2 Å². The van der Waals surface area contributed by atoms with E-state index in [1.54, 1.807) is 57.2 Å². The van der Waals surface area contributed by atoms with Crippen molar-refractivity contribution in [3.05, 3.63) is 138 Å². The minimum Gasteiger partial charge on any atom is -0.496 e. The van der Waals surface area contributed by atoms with E-state index in [-0.39, 0.29) is 31.2 Å². The second-order valence-corrected chi connectivity index (χ2v) is 14.0. The number of ether oxygens (including phenoxy) is 6. The number of esters is 1. The minimum atomic E-state index is -0.748. The summed E-state index contributed by atoms with van der Waals surface area (Å²) in [6.07, 6.45) is -0.398. The van der Waals surface area contributed by atoms with Gasteiger partial charge < -0.3 is 33.3 Å². The number of benzene rings is 5. The molecule has 5 aromatic rings. The predicted octanol–water partition coefficient (Wildman–Crippen LogP) is 8.90. The second-order valence-electron chi connectivity index (χ2n) is 14.0. The number of carbonyl (C=O) groups is 2. The molecule has 0 aliphatic carbocycles. The Balaban J connectivity index is 1.14. The van der Waals surface area contributed by atoms with E-state index in [0.717, 1.165) is 39.0 Å². The van der Waals surface area contributed by atoms with Crippen LogP contribution in [0.2, 0.25) is 0 Å². The van der Waals surface area contributed by atoms with E-state index in [9.17, 15) is 9.59 Å². The van der Waals surface area contributed by atoms with Crippen molar-refractivity contribution < 1.29 is 42.8 Å². The molecule has 1 saturated heterocycles. The van der Waals surface area contributed by atoms with Crippen molar-refractivity contribution in [3.8, 4) is 17.2 Å². The molecular formula is C44H47NO9. The smallest absolute Gasteiger partial charge is 0.496 e. The Bertz CT molecular complexity index is 1990. The summed E-state index contributed by atoms with van der Waals surface area (Å²) in [5, 5.41) is 3.65. The van der Waals surface area contributed by atoms with Gasteiger partial charge in [0.2, 0.25) is 0 Å². The third-order valence-corrected chi connectivity index (χ3v) is 8.94. The van der Waals surface area contributed by atoms with Crippen molar-refractivity contribution in [3.63, 3.8) is 0 Å². The summed E-state index contributed by atoms with van der Waals surface area (Å²) in [6.45, 7) is 7.26. The monoisotopic (exact) mass is 733 g/mol. The molecule has 0 aromatic heterocycles. The van der Waals surface area contributed by atoms with Crippen molar-refractivity contribution in [2.45, 2.75) is 58.0 Å². The van der Waals surface area contributed by atoms with Crippen molar-refractivity contribution in [1.82, 2.24) is 5.06 Å². The Morgan fingerprint density at radius 1 is 0.778 bits per heavy atom. The predicted molar refractivity (Wildman–Crippen MR) is 205 cm³/mol. The zero-order valence-corrected chi connectivity index (χ0v) is 31.2. The Labute approximate surface area is 316 Å². The van der Waals surface area contributed by atoms with Gasteiger partial charge in [-0.3, -0.25) is 0 Å². The van der Waals surface area contributed by atoms with Crippen molar-refractivity contribution in [2.24, 2.45) is 0 Å². The lowest BCUT2D eigenvalue weighted by Crippen LogP contribution is -2.45. The molecule has 2 atom stereocenters. The van der Waals surface area contributed by atoms with E-state index < -0.39 is 11.8 Å². The van der Waals surface area contributed by atoms with Crippen LogP contribution in [-0.2, 0) is 32.3 Å². The summed E-state index contributed by atoms with van der Waals surface area (Å²) in [5.74, 6) is 1.80. The van der Waals surface area contributed by atoms with Gasteiger partial charge in [-0.1, -0.05) is 72.8 Å². The first kappa shape index (κ1) is 38.2. The fourth-order valence-corrected chi connectivity index (χ4v) is 6.38. The molecule has 0 radical (unpaired) electrons. The standard InChI is InChI=1S/C44H47NO9/c1-44(2,3)53-43(47)54-45-23-22-38(32-18-20-36(21-19-32)49-24-25-50-42(46)33-12-6-5-7-13-33)41(28-45)51-29-31-26-34-14-8-10-16-37(34)40(27-31)52-30-35-15-9-11-17-39(35)48-4/h5-21,26-27,38,41H,22-25,28-30H2,1-4H3. The van der Waals surface area contributed by atoms with Gasteiger partial charge in [-0.25, -0.2) is 9.59 Å². The van der Waals surface area contributed by atoms with Crippen LogP contribution in [0.25, 0.3) is 10.8 Å². The van der Waals surface area contributed by atoms with Crippen molar-refractivity contribution in [2.75, 3.05) is 33.4 Å². The van der Waals surface area contributed by atoms with Crippen LogP contribution in [0.4, 0.5) is 4.79 Å². The Kier molecular flexibility index (Phi) is 12.7. The lowest BCUT2D eigenvalue weighted by atomic mass is 9.87. The van der Waals surface area contributed by atoms with Crippen LogP contribution in [-0.4, -0.2) is 62.3 Å². The van der Waals surface area contributed by atoms with Gasteiger partial charge in [0, 0.05) is 23.4 Å². The summed E-state index contributed by atoms with van der Waals surface area (Å²) in [6, 6.07) is 36.8. The van der Waals surface area contributed by atoms with E-state index in [1.807, 2.05) is 78.9 Å². The summed E-state index contributed by atoms with van der Waals surface area (Å²) in [5.41, 5.74) is 2.78. The van der Waals surface area contributed by atoms with Gasteiger partial charge in [0.15, 0.2) is 0 Å². The molecular weight excluding hydrogens is 686 g/mol. The van der Waals surface area contributed by atoms with Crippen LogP contribution in [0.3, 0.4) is 0 Å². The molecule has 5 aromatic carbocycles. The summed E-state index contributed by atoms with van der Waals surface area (Å²) in [7, 11) is 1.65. The fourth-order valence-electron chi connectivity index (χ4n) is 6.38. The Hall–Kier alpha value is -5.58. The van der Waals surface area contributed by atoms with Gasteiger partial charge in [0.05, 0.1) is 31.9 Å². The molecule has 0 amide bonds. The molecule has 6 rings (SSSR count). The quantitative estimate of drug-likeness (QED) is 0.0812. The summed E-state index contributed by atoms with van der Waals surface area (Å²) in [4.78, 5) is 30.5. The molecule has 10 nitrogen and oxygen atoms in total. The van der Waals surface area contributed by atoms with Crippen LogP contribution in [0.1, 0.15) is 60.2 Å². The third-order valence-electron chi connectivity index (χ3n) is 8.94. The molecule has 54 heavy (non-hydrogen) atoms.